The van der Waals surface area contributed by atoms with Crippen LogP contribution >= 0.6 is 12.2 Å². The van der Waals surface area contributed by atoms with E-state index in [4.69, 9.17) is 17.0 Å². The molecule has 0 atom stereocenters. The van der Waals surface area contributed by atoms with Crippen LogP contribution in [0.3, 0.4) is 0 Å². The van der Waals surface area contributed by atoms with Crippen molar-refractivity contribution in [2.24, 2.45) is 0 Å². The highest BCUT2D eigenvalue weighted by Crippen LogP contribution is 2.22. The van der Waals surface area contributed by atoms with E-state index in [0.717, 1.165) is 16.9 Å². The van der Waals surface area contributed by atoms with E-state index >= 15 is 0 Å². The fraction of sp³-hybridized carbons (Fsp3) is 0.0909. The number of rotatable bonds is 2. The second-order valence-electron chi connectivity index (χ2n) is 3.07. The Morgan fingerprint density at radius 1 is 1.27 bits per heavy atom. The zero-order valence-electron chi connectivity index (χ0n) is 8.23. The Morgan fingerprint density at radius 2 is 2.13 bits per heavy atom. The van der Waals surface area contributed by atoms with Crippen molar-refractivity contribution >= 4 is 12.2 Å². The minimum Gasteiger partial charge on any atom is -0.497 e. The number of hydrogen-bond acceptors (Lipinski definition) is 3. The van der Waals surface area contributed by atoms with Gasteiger partial charge in [0, 0.05) is 5.56 Å². The van der Waals surface area contributed by atoms with Gasteiger partial charge in [0.2, 0.25) is 0 Å². The molecule has 0 saturated heterocycles. The molecule has 0 radical (unpaired) electrons. The smallest absolute Gasteiger partial charge is 0.120 e. The van der Waals surface area contributed by atoms with E-state index in [2.05, 4.69) is 10.2 Å². The van der Waals surface area contributed by atoms with Crippen molar-refractivity contribution in [1.82, 2.24) is 10.2 Å². The van der Waals surface area contributed by atoms with Gasteiger partial charge in [-0.2, -0.15) is 5.10 Å². The molecule has 0 unspecified atom stereocenters. The second kappa shape index (κ2) is 4.23. The monoisotopic (exact) mass is 218 g/mol. The van der Waals surface area contributed by atoms with Crippen LogP contribution in [0.1, 0.15) is 0 Å². The van der Waals surface area contributed by atoms with Crippen LogP contribution in [0.2, 0.25) is 0 Å². The molecule has 2 aromatic rings. The fourth-order valence-electron chi connectivity index (χ4n) is 1.34. The first kappa shape index (κ1) is 9.86. The summed E-state index contributed by atoms with van der Waals surface area (Å²) < 4.78 is 5.77. The third-order valence-electron chi connectivity index (χ3n) is 2.07. The van der Waals surface area contributed by atoms with E-state index in [1.165, 1.54) is 0 Å². The summed E-state index contributed by atoms with van der Waals surface area (Å²) >= 11 is 5.01. The Labute approximate surface area is 92.7 Å². The van der Waals surface area contributed by atoms with Crippen LogP contribution in [0, 0.1) is 4.64 Å². The summed E-state index contributed by atoms with van der Waals surface area (Å²) in [6, 6.07) is 9.66. The molecule has 76 valence electrons. The summed E-state index contributed by atoms with van der Waals surface area (Å²) in [5.41, 5.74) is 2.03. The van der Waals surface area contributed by atoms with Gasteiger partial charge < -0.3 is 4.74 Å². The van der Waals surface area contributed by atoms with Gasteiger partial charge >= 0.3 is 0 Å². The van der Waals surface area contributed by atoms with Crippen LogP contribution < -0.4 is 4.74 Å². The number of aromatic amines is 1. The standard InChI is InChI=1S/C11H10N2OS/c1-14-10-4-2-3-8(5-10)9-6-11(15)13-12-7-9/h2-7H,1H3,(H,13,15). The Morgan fingerprint density at radius 3 is 2.87 bits per heavy atom. The Balaban J connectivity index is 2.49. The number of benzene rings is 1. The highest BCUT2D eigenvalue weighted by atomic mass is 32.1. The SMILES string of the molecule is COc1cccc(-c2cn[nH]c(=S)c2)c1. The van der Waals surface area contributed by atoms with E-state index in [-0.39, 0.29) is 0 Å². The molecular weight excluding hydrogens is 208 g/mol. The first-order valence-corrected chi connectivity index (χ1v) is 4.89. The van der Waals surface area contributed by atoms with Crippen LogP contribution in [0.5, 0.6) is 5.75 Å². The summed E-state index contributed by atoms with van der Waals surface area (Å²) in [6.45, 7) is 0. The molecule has 0 spiro atoms. The minimum atomic E-state index is 0.621. The molecule has 0 bridgehead atoms. The zero-order valence-corrected chi connectivity index (χ0v) is 9.04. The maximum absolute atomic E-state index is 5.15. The van der Waals surface area contributed by atoms with Crippen molar-refractivity contribution in [3.8, 4) is 16.9 Å². The summed E-state index contributed by atoms with van der Waals surface area (Å²) in [5, 5.41) is 6.65. The average molecular weight is 218 g/mol. The number of methoxy groups -OCH3 is 1. The molecule has 0 aliphatic heterocycles. The largest absolute Gasteiger partial charge is 0.497 e. The van der Waals surface area contributed by atoms with Gasteiger partial charge in [0.15, 0.2) is 0 Å². The van der Waals surface area contributed by atoms with Gasteiger partial charge in [0.05, 0.1) is 13.3 Å². The quantitative estimate of drug-likeness (QED) is 0.788. The number of nitrogens with one attached hydrogen (secondary N) is 1. The molecule has 0 amide bonds. The average Bonchev–Trinajstić information content (AvgIpc) is 2.29. The van der Waals surface area contributed by atoms with Gasteiger partial charge in [-0.3, -0.25) is 5.10 Å². The number of nitrogens with zero attached hydrogens (tertiary/aromatic N) is 1. The van der Waals surface area contributed by atoms with Crippen LogP contribution in [-0.4, -0.2) is 17.3 Å². The maximum Gasteiger partial charge on any atom is 0.120 e. The Kier molecular flexibility index (Phi) is 2.78. The van der Waals surface area contributed by atoms with Gasteiger partial charge in [-0.05, 0) is 23.8 Å². The van der Waals surface area contributed by atoms with E-state index in [1.807, 2.05) is 30.3 Å². The molecule has 3 nitrogen and oxygen atoms in total. The van der Waals surface area contributed by atoms with Crippen LogP contribution in [0.25, 0.3) is 11.1 Å². The van der Waals surface area contributed by atoms with Gasteiger partial charge in [-0.25, -0.2) is 0 Å². The molecule has 15 heavy (non-hydrogen) atoms. The molecular formula is C11H10N2OS. The van der Waals surface area contributed by atoms with Crippen molar-refractivity contribution in [1.29, 1.82) is 0 Å². The molecule has 0 aliphatic carbocycles. The highest BCUT2D eigenvalue weighted by molar-refractivity contribution is 7.71. The van der Waals surface area contributed by atoms with Crippen LogP contribution in [-0.2, 0) is 0 Å². The molecule has 0 fully saturated rings. The predicted molar refractivity (Wildman–Crippen MR) is 61.4 cm³/mol. The number of aromatic nitrogens is 2. The van der Waals surface area contributed by atoms with E-state index in [1.54, 1.807) is 13.3 Å². The molecule has 4 heteroatoms. The van der Waals surface area contributed by atoms with Crippen molar-refractivity contribution in [3.63, 3.8) is 0 Å². The molecule has 1 aromatic heterocycles. The molecule has 1 heterocycles. The lowest BCUT2D eigenvalue weighted by Gasteiger charge is -2.03. The molecule has 0 aliphatic rings. The van der Waals surface area contributed by atoms with Crippen LogP contribution in [0.15, 0.2) is 36.5 Å². The summed E-state index contributed by atoms with van der Waals surface area (Å²) in [4.78, 5) is 0. The van der Waals surface area contributed by atoms with Gasteiger partial charge in [-0.15, -0.1) is 0 Å². The summed E-state index contributed by atoms with van der Waals surface area (Å²) in [6.07, 6.45) is 1.74. The summed E-state index contributed by atoms with van der Waals surface area (Å²) in [7, 11) is 1.65. The normalized spacial score (nSPS) is 9.93. The topological polar surface area (TPSA) is 37.9 Å². The molecule has 1 aromatic carbocycles. The zero-order chi connectivity index (χ0) is 10.7. The maximum atomic E-state index is 5.15. The predicted octanol–water partition coefficient (Wildman–Crippen LogP) is 2.81. The van der Waals surface area contributed by atoms with Gasteiger partial charge in [0.1, 0.15) is 10.4 Å². The minimum absolute atomic E-state index is 0.621. The van der Waals surface area contributed by atoms with Crippen LogP contribution in [0.4, 0.5) is 0 Å². The van der Waals surface area contributed by atoms with E-state index < -0.39 is 0 Å². The molecule has 2 rings (SSSR count). The van der Waals surface area contributed by atoms with Crippen molar-refractivity contribution < 1.29 is 4.74 Å². The lowest BCUT2D eigenvalue weighted by atomic mass is 10.1. The number of H-pyrrole nitrogens is 1. The van der Waals surface area contributed by atoms with E-state index in [9.17, 15) is 0 Å². The van der Waals surface area contributed by atoms with Gasteiger partial charge in [0.25, 0.3) is 0 Å². The third kappa shape index (κ3) is 2.22. The molecule has 0 saturated carbocycles. The van der Waals surface area contributed by atoms with Gasteiger partial charge in [-0.1, -0.05) is 24.4 Å². The van der Waals surface area contributed by atoms with Crippen molar-refractivity contribution in [2.45, 2.75) is 0 Å². The third-order valence-corrected chi connectivity index (χ3v) is 2.28. The highest BCUT2D eigenvalue weighted by Gasteiger charge is 1.99. The Hall–Kier alpha value is -1.68. The number of hydrogen-bond donors (Lipinski definition) is 1. The molecule has 1 N–H and O–H groups in total. The van der Waals surface area contributed by atoms with Crippen molar-refractivity contribution in [2.75, 3.05) is 7.11 Å². The first-order valence-electron chi connectivity index (χ1n) is 4.49. The first-order chi connectivity index (χ1) is 7.29. The summed E-state index contributed by atoms with van der Waals surface area (Å²) in [5.74, 6) is 0.825. The number of ether oxygens (including phenoxy) is 1. The van der Waals surface area contributed by atoms with Crippen molar-refractivity contribution in [3.05, 3.63) is 41.2 Å². The Bertz CT molecular complexity index is 522. The lowest BCUT2D eigenvalue weighted by molar-refractivity contribution is 0.415. The van der Waals surface area contributed by atoms with E-state index in [0.29, 0.717) is 4.64 Å². The lowest BCUT2D eigenvalue weighted by Crippen LogP contribution is -1.86. The second-order valence-corrected chi connectivity index (χ2v) is 3.51. The fourth-order valence-corrected chi connectivity index (χ4v) is 1.52.